The number of rotatable bonds is 6. The van der Waals surface area contributed by atoms with Crippen molar-refractivity contribution in [3.63, 3.8) is 0 Å². The number of hydrogen-bond acceptors (Lipinski definition) is 5. The Morgan fingerprint density at radius 2 is 2.11 bits per heavy atom. The van der Waals surface area contributed by atoms with Crippen molar-refractivity contribution < 1.29 is 23.5 Å². The van der Waals surface area contributed by atoms with Crippen LogP contribution in [0.4, 0.5) is 5.69 Å². The summed E-state index contributed by atoms with van der Waals surface area (Å²) in [7, 11) is 0. The van der Waals surface area contributed by atoms with E-state index in [-0.39, 0.29) is 18.9 Å². The second-order valence-electron chi connectivity index (χ2n) is 7.14. The quantitative estimate of drug-likeness (QED) is 0.774. The van der Waals surface area contributed by atoms with Gasteiger partial charge in [-0.1, -0.05) is 17.7 Å². The van der Waals surface area contributed by atoms with E-state index in [4.69, 9.17) is 9.15 Å². The van der Waals surface area contributed by atoms with Gasteiger partial charge in [0.05, 0.1) is 18.7 Å². The second kappa shape index (κ2) is 8.29. The Kier molecular flexibility index (Phi) is 5.82. The number of aryl methyl sites for hydroxylation is 2. The third-order valence-corrected chi connectivity index (χ3v) is 4.78. The first-order valence-electron chi connectivity index (χ1n) is 9.22. The van der Waals surface area contributed by atoms with Gasteiger partial charge < -0.3 is 19.4 Å². The van der Waals surface area contributed by atoms with Crippen molar-refractivity contribution in [3.8, 4) is 0 Å². The van der Waals surface area contributed by atoms with Gasteiger partial charge in [0, 0.05) is 18.7 Å². The molecule has 1 aliphatic heterocycles. The fraction of sp³-hybridized carbons (Fsp3) is 0.381. The molecule has 7 nitrogen and oxygen atoms in total. The van der Waals surface area contributed by atoms with E-state index in [1.54, 1.807) is 17.0 Å². The van der Waals surface area contributed by atoms with Crippen molar-refractivity contribution in [2.75, 3.05) is 11.9 Å². The van der Waals surface area contributed by atoms with Gasteiger partial charge in [-0.05, 0) is 44.5 Å². The Hall–Kier alpha value is -3.09. The predicted octanol–water partition coefficient (Wildman–Crippen LogP) is 2.82. The molecule has 3 rings (SSSR count). The number of ether oxygens (including phenoxy) is 1. The molecule has 2 amide bonds. The number of carbonyl (C=O) groups excluding carboxylic acids is 3. The molecule has 0 unspecified atom stereocenters. The maximum Gasteiger partial charge on any atom is 0.312 e. The molecule has 0 saturated carbocycles. The molecular formula is C21H24N2O5. The molecule has 1 aliphatic rings. The predicted molar refractivity (Wildman–Crippen MR) is 102 cm³/mol. The molecule has 0 spiro atoms. The van der Waals surface area contributed by atoms with Crippen LogP contribution in [0.1, 0.15) is 30.2 Å². The largest absolute Gasteiger partial charge is 0.467 e. The first kappa shape index (κ1) is 19.7. The molecule has 2 aromatic rings. The first-order chi connectivity index (χ1) is 13.3. The molecule has 28 heavy (non-hydrogen) atoms. The van der Waals surface area contributed by atoms with E-state index in [2.05, 4.69) is 5.32 Å². The van der Waals surface area contributed by atoms with Gasteiger partial charge in [0.15, 0.2) is 6.10 Å². The highest BCUT2D eigenvalue weighted by Crippen LogP contribution is 2.22. The van der Waals surface area contributed by atoms with Crippen molar-refractivity contribution in [1.82, 2.24) is 4.90 Å². The van der Waals surface area contributed by atoms with Gasteiger partial charge in [-0.2, -0.15) is 0 Å². The van der Waals surface area contributed by atoms with Crippen molar-refractivity contribution in [2.45, 2.75) is 39.8 Å². The number of nitrogens with zero attached hydrogens (tertiary/aromatic N) is 1. The van der Waals surface area contributed by atoms with Gasteiger partial charge >= 0.3 is 5.97 Å². The normalized spacial score (nSPS) is 17.5. The molecule has 1 N–H and O–H groups in total. The summed E-state index contributed by atoms with van der Waals surface area (Å²) in [6.07, 6.45) is 0.658. The lowest BCUT2D eigenvalue weighted by Gasteiger charge is -2.17. The highest BCUT2D eigenvalue weighted by Gasteiger charge is 2.36. The van der Waals surface area contributed by atoms with Gasteiger partial charge in [-0.3, -0.25) is 14.4 Å². The van der Waals surface area contributed by atoms with Crippen molar-refractivity contribution in [2.24, 2.45) is 5.92 Å². The smallest absolute Gasteiger partial charge is 0.312 e. The summed E-state index contributed by atoms with van der Waals surface area (Å²) >= 11 is 0. The second-order valence-corrected chi connectivity index (χ2v) is 7.14. The van der Waals surface area contributed by atoms with E-state index < -0.39 is 23.9 Å². The van der Waals surface area contributed by atoms with E-state index in [0.717, 1.165) is 11.1 Å². The average molecular weight is 384 g/mol. The summed E-state index contributed by atoms with van der Waals surface area (Å²) in [6, 6.07) is 9.20. The van der Waals surface area contributed by atoms with E-state index in [1.807, 2.05) is 32.0 Å². The van der Waals surface area contributed by atoms with Crippen LogP contribution < -0.4 is 5.32 Å². The lowest BCUT2D eigenvalue weighted by atomic mass is 10.1. The Morgan fingerprint density at radius 1 is 1.32 bits per heavy atom. The third kappa shape index (κ3) is 4.60. The summed E-state index contributed by atoms with van der Waals surface area (Å²) in [5, 5.41) is 2.77. The van der Waals surface area contributed by atoms with Crippen LogP contribution in [0.2, 0.25) is 0 Å². The number of benzene rings is 1. The third-order valence-electron chi connectivity index (χ3n) is 4.78. The summed E-state index contributed by atoms with van der Waals surface area (Å²) in [4.78, 5) is 38.5. The van der Waals surface area contributed by atoms with Crippen molar-refractivity contribution >= 4 is 23.5 Å². The maximum atomic E-state index is 12.4. The van der Waals surface area contributed by atoms with Crippen molar-refractivity contribution in [1.29, 1.82) is 0 Å². The van der Waals surface area contributed by atoms with E-state index in [0.29, 0.717) is 18.0 Å². The molecule has 2 atom stereocenters. The Bertz CT molecular complexity index is 875. The number of likely N-dealkylation sites (tertiary alicyclic amines) is 1. The lowest BCUT2D eigenvalue weighted by molar-refractivity contribution is -0.157. The van der Waals surface area contributed by atoms with Gasteiger partial charge in [-0.25, -0.2) is 0 Å². The average Bonchev–Trinajstić information content (AvgIpc) is 3.28. The molecule has 1 aromatic carbocycles. The van der Waals surface area contributed by atoms with E-state index in [9.17, 15) is 14.4 Å². The van der Waals surface area contributed by atoms with Crippen LogP contribution in [0.15, 0.2) is 41.0 Å². The van der Waals surface area contributed by atoms with Crippen LogP contribution in [-0.4, -0.2) is 35.3 Å². The van der Waals surface area contributed by atoms with Crippen LogP contribution >= 0.6 is 0 Å². The molecule has 1 aromatic heterocycles. The first-order valence-corrected chi connectivity index (χ1v) is 9.22. The SMILES string of the molecule is Cc1ccc(NC(=O)[C@@H](C)OC(=O)[C@@H]2CC(=O)N(Cc3ccco3)C2)c(C)c1. The van der Waals surface area contributed by atoms with Gasteiger partial charge in [0.25, 0.3) is 5.91 Å². The summed E-state index contributed by atoms with van der Waals surface area (Å²) in [5.41, 5.74) is 2.71. The van der Waals surface area contributed by atoms with Gasteiger partial charge in [0.2, 0.25) is 5.91 Å². The highest BCUT2D eigenvalue weighted by atomic mass is 16.5. The van der Waals surface area contributed by atoms with Crippen LogP contribution in [0, 0.1) is 19.8 Å². The number of furan rings is 1. The molecule has 1 fully saturated rings. The number of esters is 1. The van der Waals surface area contributed by atoms with Crippen molar-refractivity contribution in [3.05, 3.63) is 53.5 Å². The zero-order valence-corrected chi connectivity index (χ0v) is 16.2. The summed E-state index contributed by atoms with van der Waals surface area (Å²) in [5.74, 6) is -1.01. The molecule has 0 radical (unpaired) electrons. The van der Waals surface area contributed by atoms with Crippen LogP contribution in [0.3, 0.4) is 0 Å². The number of nitrogens with one attached hydrogen (secondary N) is 1. The minimum Gasteiger partial charge on any atom is -0.467 e. The van der Waals surface area contributed by atoms with Gasteiger partial charge in [0.1, 0.15) is 5.76 Å². The summed E-state index contributed by atoms with van der Waals surface area (Å²) < 4.78 is 10.6. The Balaban J connectivity index is 1.53. The van der Waals surface area contributed by atoms with Crippen LogP contribution in [-0.2, 0) is 25.7 Å². The molecule has 0 bridgehead atoms. The molecule has 148 valence electrons. The Morgan fingerprint density at radius 3 is 2.79 bits per heavy atom. The Labute approximate surface area is 163 Å². The zero-order chi connectivity index (χ0) is 20.3. The standard InChI is InChI=1S/C21H24N2O5/c1-13-6-7-18(14(2)9-13)22-20(25)15(3)28-21(26)16-10-19(24)23(11-16)12-17-5-4-8-27-17/h4-9,15-16H,10-12H2,1-3H3,(H,22,25)/t15-,16-/m1/s1. The fourth-order valence-corrected chi connectivity index (χ4v) is 3.19. The zero-order valence-electron chi connectivity index (χ0n) is 16.2. The van der Waals surface area contributed by atoms with Gasteiger partial charge in [-0.15, -0.1) is 0 Å². The number of carbonyl (C=O) groups is 3. The minimum absolute atomic E-state index is 0.0744. The molecule has 7 heteroatoms. The molecule has 1 saturated heterocycles. The van der Waals surface area contributed by atoms with E-state index >= 15 is 0 Å². The van der Waals surface area contributed by atoms with Crippen LogP contribution in [0.25, 0.3) is 0 Å². The highest BCUT2D eigenvalue weighted by molar-refractivity contribution is 5.96. The van der Waals surface area contributed by atoms with Crippen LogP contribution in [0.5, 0.6) is 0 Å². The fourth-order valence-electron chi connectivity index (χ4n) is 3.19. The molecular weight excluding hydrogens is 360 g/mol. The number of hydrogen-bond donors (Lipinski definition) is 1. The van der Waals surface area contributed by atoms with E-state index in [1.165, 1.54) is 13.2 Å². The molecule has 2 heterocycles. The monoisotopic (exact) mass is 384 g/mol. The number of amides is 2. The molecule has 0 aliphatic carbocycles. The number of anilines is 1. The lowest BCUT2D eigenvalue weighted by Crippen LogP contribution is -2.33. The topological polar surface area (TPSA) is 88.8 Å². The minimum atomic E-state index is -0.956. The maximum absolute atomic E-state index is 12.4. The summed E-state index contributed by atoms with van der Waals surface area (Å²) in [6.45, 7) is 5.97.